The number of alkyl halides is 3. The Kier molecular flexibility index (Phi) is 5.05. The van der Waals surface area contributed by atoms with Crippen molar-refractivity contribution in [2.24, 2.45) is 0 Å². The number of likely N-dealkylation sites (N-methyl/N-ethyl adjacent to an activating group) is 1. The highest BCUT2D eigenvalue weighted by molar-refractivity contribution is 5.97. The van der Waals surface area contributed by atoms with Crippen molar-refractivity contribution in [2.45, 2.75) is 18.1 Å². The SMILES string of the molecule is CN1CC(=O)N(c2ccccc2)C[C@@]12CCN(C(=O)c1cccc(C(F)(F)F)c1)C2. The number of amides is 2. The van der Waals surface area contributed by atoms with E-state index in [0.717, 1.165) is 17.8 Å². The summed E-state index contributed by atoms with van der Waals surface area (Å²) in [6.07, 6.45) is -3.85. The van der Waals surface area contributed by atoms with Crippen LogP contribution in [-0.2, 0) is 11.0 Å². The van der Waals surface area contributed by atoms with Gasteiger partial charge in [-0.2, -0.15) is 13.2 Å². The predicted octanol–water partition coefficient (Wildman–Crippen LogP) is 3.27. The van der Waals surface area contributed by atoms with Gasteiger partial charge in [-0.1, -0.05) is 24.3 Å². The Morgan fingerprint density at radius 1 is 1.03 bits per heavy atom. The van der Waals surface area contributed by atoms with Crippen LogP contribution in [0, 0.1) is 0 Å². The molecule has 1 atom stereocenters. The van der Waals surface area contributed by atoms with Gasteiger partial charge in [0, 0.05) is 30.9 Å². The minimum atomic E-state index is -4.50. The quantitative estimate of drug-likeness (QED) is 0.754. The van der Waals surface area contributed by atoms with Crippen LogP contribution in [0.3, 0.4) is 0 Å². The van der Waals surface area contributed by atoms with Crippen LogP contribution in [0.15, 0.2) is 54.6 Å². The highest BCUT2D eigenvalue weighted by Crippen LogP contribution is 2.35. The number of carbonyl (C=O) groups excluding carboxylic acids is 2. The second-order valence-electron chi connectivity index (χ2n) is 7.95. The maximum absolute atomic E-state index is 13.0. The second kappa shape index (κ2) is 7.43. The molecule has 2 aromatic carbocycles. The van der Waals surface area contributed by atoms with E-state index in [1.54, 1.807) is 9.80 Å². The summed E-state index contributed by atoms with van der Waals surface area (Å²) >= 11 is 0. The molecule has 0 unspecified atom stereocenters. The summed E-state index contributed by atoms with van der Waals surface area (Å²) < 4.78 is 39.1. The van der Waals surface area contributed by atoms with E-state index < -0.39 is 23.2 Å². The average Bonchev–Trinajstić information content (AvgIpc) is 3.16. The molecule has 8 heteroatoms. The third kappa shape index (κ3) is 3.67. The highest BCUT2D eigenvalue weighted by Gasteiger charge is 2.48. The first-order valence-electron chi connectivity index (χ1n) is 9.73. The van der Waals surface area contributed by atoms with Crippen LogP contribution in [0.4, 0.5) is 18.9 Å². The Bertz CT molecular complexity index is 964. The van der Waals surface area contributed by atoms with Crippen LogP contribution in [-0.4, -0.2) is 60.4 Å². The number of carbonyl (C=O) groups is 2. The molecule has 158 valence electrons. The number of rotatable bonds is 2. The molecule has 0 aliphatic carbocycles. The number of nitrogens with zero attached hydrogens (tertiary/aromatic N) is 3. The Labute approximate surface area is 172 Å². The van der Waals surface area contributed by atoms with Crippen LogP contribution in [0.25, 0.3) is 0 Å². The molecule has 4 rings (SSSR count). The molecule has 0 aromatic heterocycles. The highest BCUT2D eigenvalue weighted by atomic mass is 19.4. The van der Waals surface area contributed by atoms with Crippen molar-refractivity contribution in [1.82, 2.24) is 9.80 Å². The zero-order chi connectivity index (χ0) is 21.5. The van der Waals surface area contributed by atoms with E-state index in [1.165, 1.54) is 12.1 Å². The predicted molar refractivity (Wildman–Crippen MR) is 106 cm³/mol. The lowest BCUT2D eigenvalue weighted by Crippen LogP contribution is -2.64. The van der Waals surface area contributed by atoms with Crippen LogP contribution in [0.2, 0.25) is 0 Å². The van der Waals surface area contributed by atoms with Crippen LogP contribution in [0.1, 0.15) is 22.3 Å². The smallest absolute Gasteiger partial charge is 0.337 e. The monoisotopic (exact) mass is 417 g/mol. The van der Waals surface area contributed by atoms with Crippen molar-refractivity contribution in [3.63, 3.8) is 0 Å². The number of halogens is 3. The maximum Gasteiger partial charge on any atom is 0.416 e. The fraction of sp³-hybridized carbons (Fsp3) is 0.364. The summed E-state index contributed by atoms with van der Waals surface area (Å²) in [5.41, 5.74) is -0.437. The molecule has 1 spiro atoms. The lowest BCUT2D eigenvalue weighted by Gasteiger charge is -2.46. The van der Waals surface area contributed by atoms with Gasteiger partial charge in [0.1, 0.15) is 0 Å². The molecular formula is C22H22F3N3O2. The summed E-state index contributed by atoms with van der Waals surface area (Å²) in [6, 6.07) is 13.9. The average molecular weight is 417 g/mol. The molecule has 2 amide bonds. The fourth-order valence-electron chi connectivity index (χ4n) is 4.28. The Balaban J connectivity index is 1.55. The molecule has 0 radical (unpaired) electrons. The van der Waals surface area contributed by atoms with E-state index in [2.05, 4.69) is 0 Å². The maximum atomic E-state index is 13.0. The van der Waals surface area contributed by atoms with Crippen molar-refractivity contribution >= 4 is 17.5 Å². The molecule has 5 nitrogen and oxygen atoms in total. The zero-order valence-corrected chi connectivity index (χ0v) is 16.5. The lowest BCUT2D eigenvalue weighted by molar-refractivity contribution is -0.137. The number of benzene rings is 2. The van der Waals surface area contributed by atoms with E-state index in [1.807, 2.05) is 42.3 Å². The van der Waals surface area contributed by atoms with Crippen molar-refractivity contribution in [3.05, 3.63) is 65.7 Å². The molecule has 0 N–H and O–H groups in total. The summed E-state index contributed by atoms with van der Waals surface area (Å²) in [6.45, 7) is 1.44. The number of para-hydroxylation sites is 1. The van der Waals surface area contributed by atoms with Gasteiger partial charge in [0.2, 0.25) is 5.91 Å². The summed E-state index contributed by atoms with van der Waals surface area (Å²) in [5, 5.41) is 0. The number of hydrogen-bond acceptors (Lipinski definition) is 3. The first kappa shape index (κ1) is 20.4. The van der Waals surface area contributed by atoms with Gasteiger partial charge in [0.05, 0.1) is 17.6 Å². The standard InChI is InChI=1S/C22H22F3N3O2/c1-26-13-19(29)28(18-8-3-2-4-9-18)15-21(26)10-11-27(14-21)20(30)16-6-5-7-17(12-16)22(23,24)25/h2-9,12H,10-11,13-15H2,1H3/t21-/m0/s1. The van der Waals surface area contributed by atoms with Crippen LogP contribution >= 0.6 is 0 Å². The molecule has 2 fully saturated rings. The number of hydrogen-bond donors (Lipinski definition) is 0. The van der Waals surface area contributed by atoms with Crippen LogP contribution in [0.5, 0.6) is 0 Å². The van der Waals surface area contributed by atoms with Crippen LogP contribution < -0.4 is 4.90 Å². The first-order chi connectivity index (χ1) is 14.2. The van der Waals surface area contributed by atoms with Gasteiger partial charge in [-0.15, -0.1) is 0 Å². The molecule has 0 bridgehead atoms. The molecule has 2 aromatic rings. The first-order valence-corrected chi connectivity index (χ1v) is 9.73. The zero-order valence-electron chi connectivity index (χ0n) is 16.5. The van der Waals surface area contributed by atoms with E-state index in [9.17, 15) is 22.8 Å². The summed E-state index contributed by atoms with van der Waals surface area (Å²) in [5.74, 6) is -0.438. The van der Waals surface area contributed by atoms with Gasteiger partial charge in [-0.25, -0.2) is 0 Å². The second-order valence-corrected chi connectivity index (χ2v) is 7.95. The topological polar surface area (TPSA) is 43.9 Å². The number of piperazine rings is 1. The van der Waals surface area contributed by atoms with E-state index in [0.29, 0.717) is 26.1 Å². The lowest BCUT2D eigenvalue weighted by atomic mass is 9.92. The minimum Gasteiger partial charge on any atom is -0.337 e. The van der Waals surface area contributed by atoms with Gasteiger partial charge in [-0.05, 0) is 43.8 Å². The number of anilines is 1. The van der Waals surface area contributed by atoms with Crippen molar-refractivity contribution in [3.8, 4) is 0 Å². The summed E-state index contributed by atoms with van der Waals surface area (Å²) in [4.78, 5) is 30.8. The fourth-order valence-corrected chi connectivity index (χ4v) is 4.28. The third-order valence-corrected chi connectivity index (χ3v) is 6.06. The van der Waals surface area contributed by atoms with Crippen molar-refractivity contribution < 1.29 is 22.8 Å². The van der Waals surface area contributed by atoms with Gasteiger partial charge >= 0.3 is 6.18 Å². The minimum absolute atomic E-state index is 0.0167. The van der Waals surface area contributed by atoms with E-state index >= 15 is 0 Å². The Morgan fingerprint density at radius 2 is 1.77 bits per heavy atom. The Hall–Kier alpha value is -2.87. The molecule has 2 aliphatic heterocycles. The third-order valence-electron chi connectivity index (χ3n) is 6.06. The van der Waals surface area contributed by atoms with Gasteiger partial charge in [0.25, 0.3) is 5.91 Å². The molecule has 0 saturated carbocycles. The molecule has 2 aliphatic rings. The van der Waals surface area contributed by atoms with Gasteiger partial charge < -0.3 is 9.80 Å². The van der Waals surface area contributed by atoms with Gasteiger partial charge in [0.15, 0.2) is 0 Å². The van der Waals surface area contributed by atoms with Gasteiger partial charge in [-0.3, -0.25) is 14.5 Å². The van der Waals surface area contributed by atoms with Crippen molar-refractivity contribution in [2.75, 3.05) is 38.1 Å². The molecule has 2 heterocycles. The normalized spacial score (nSPS) is 22.7. The van der Waals surface area contributed by atoms with Crippen molar-refractivity contribution in [1.29, 1.82) is 0 Å². The molecular weight excluding hydrogens is 395 g/mol. The van der Waals surface area contributed by atoms with E-state index in [-0.39, 0.29) is 18.0 Å². The summed E-state index contributed by atoms with van der Waals surface area (Å²) in [7, 11) is 1.86. The largest absolute Gasteiger partial charge is 0.416 e. The Morgan fingerprint density at radius 3 is 2.47 bits per heavy atom. The molecule has 30 heavy (non-hydrogen) atoms. The van der Waals surface area contributed by atoms with E-state index in [4.69, 9.17) is 0 Å². The molecule has 2 saturated heterocycles. The number of likely N-dealkylation sites (tertiary alicyclic amines) is 1.